The molecule has 14 heavy (non-hydrogen) atoms. The van der Waals surface area contributed by atoms with Crippen LogP contribution in [0.1, 0.15) is 6.92 Å². The fraction of sp³-hybridized carbons (Fsp3) is 0.111. The van der Waals surface area contributed by atoms with E-state index >= 15 is 0 Å². The number of carbonyl (C=O) groups is 2. The minimum absolute atomic E-state index is 0.719. The summed E-state index contributed by atoms with van der Waals surface area (Å²) in [5.41, 5.74) is 7.25. The molecule has 0 aromatic carbocycles. The molecule has 0 saturated heterocycles. The van der Waals surface area contributed by atoms with Crippen LogP contribution < -0.4 is 5.73 Å². The molecule has 2 rings (SSSR count). The van der Waals surface area contributed by atoms with Crippen LogP contribution in [0.15, 0.2) is 24.3 Å². The monoisotopic (exact) mass is 195 g/mol. The van der Waals surface area contributed by atoms with Crippen LogP contribution in [0.5, 0.6) is 0 Å². The first kappa shape index (κ1) is 10.0. The molecule has 0 atom stereocenters. The molecular formula is C9H9NO4. The van der Waals surface area contributed by atoms with Gasteiger partial charge in [-0.2, -0.15) is 0 Å². The van der Waals surface area contributed by atoms with Crippen LogP contribution in [0, 0.1) is 0 Å². The van der Waals surface area contributed by atoms with E-state index in [1.54, 1.807) is 0 Å². The highest BCUT2D eigenvalue weighted by Gasteiger charge is 2.03. The summed E-state index contributed by atoms with van der Waals surface area (Å²) in [6.45, 7) is 1.09. The molecule has 2 aliphatic carbocycles. The van der Waals surface area contributed by atoms with Crippen LogP contribution in [0.3, 0.4) is 0 Å². The average Bonchev–Trinajstić information content (AvgIpc) is 2.09. The summed E-state index contributed by atoms with van der Waals surface area (Å²) in [6, 6.07) is 8.48. The summed E-state index contributed by atoms with van der Waals surface area (Å²) in [4.78, 5) is 26.7. The van der Waals surface area contributed by atoms with E-state index < -0.39 is 12.1 Å². The smallest absolute Gasteiger partial charge is 0.332 e. The molecule has 0 radical (unpaired) electrons. The van der Waals surface area contributed by atoms with Gasteiger partial charge in [0, 0.05) is 6.92 Å². The second-order valence-corrected chi connectivity index (χ2v) is 2.55. The number of carbonyl (C=O) groups excluding carboxylic acids is 2. The maximum atomic E-state index is 9.79. The van der Waals surface area contributed by atoms with Crippen molar-refractivity contribution in [1.82, 2.24) is 0 Å². The number of rotatable bonds is 0. The van der Waals surface area contributed by atoms with Crippen LogP contribution in [0.4, 0.5) is 4.79 Å². The summed E-state index contributed by atoms with van der Waals surface area (Å²) >= 11 is 0. The topological polar surface area (TPSA) is 78.6 Å². The summed E-state index contributed by atoms with van der Waals surface area (Å²) < 4.78 is 0. The lowest BCUT2D eigenvalue weighted by Gasteiger charge is -2.10. The molecule has 0 aromatic rings. The largest absolute Gasteiger partial charge is 0.447 e. The fourth-order valence-corrected chi connectivity index (χ4v) is 0.762. The Bertz CT molecular complexity index is 309. The summed E-state index contributed by atoms with van der Waals surface area (Å²) in [5, 5.41) is 0. The molecule has 5 heteroatoms. The predicted molar refractivity (Wildman–Crippen MR) is 47.9 cm³/mol. The van der Waals surface area contributed by atoms with Crippen molar-refractivity contribution in [2.24, 2.45) is 5.73 Å². The van der Waals surface area contributed by atoms with E-state index in [1.807, 2.05) is 0 Å². The van der Waals surface area contributed by atoms with Gasteiger partial charge < -0.3 is 5.73 Å². The summed E-state index contributed by atoms with van der Waals surface area (Å²) in [6.07, 6.45) is -1.14. The lowest BCUT2D eigenvalue weighted by molar-refractivity contribution is -0.228. The predicted octanol–water partition coefficient (Wildman–Crippen LogP) is 1.23. The van der Waals surface area contributed by atoms with E-state index in [2.05, 4.69) is 39.8 Å². The highest BCUT2D eigenvalue weighted by atomic mass is 17.2. The Hall–Kier alpha value is -2.04. The van der Waals surface area contributed by atoms with Gasteiger partial charge in [-0.1, -0.05) is 24.3 Å². The van der Waals surface area contributed by atoms with Crippen molar-refractivity contribution >= 4 is 12.1 Å². The molecule has 0 saturated carbocycles. The van der Waals surface area contributed by atoms with Gasteiger partial charge in [0.25, 0.3) is 0 Å². The highest BCUT2D eigenvalue weighted by Crippen LogP contribution is 2.29. The van der Waals surface area contributed by atoms with Crippen LogP contribution in [-0.4, -0.2) is 12.1 Å². The molecule has 0 heterocycles. The third-order valence-corrected chi connectivity index (χ3v) is 1.46. The molecule has 0 aliphatic heterocycles. The molecular weight excluding hydrogens is 186 g/mol. The number of benzene rings is 1. The van der Waals surface area contributed by atoms with Crippen LogP contribution in [0.2, 0.25) is 0 Å². The van der Waals surface area contributed by atoms with Crippen molar-refractivity contribution in [1.29, 1.82) is 0 Å². The van der Waals surface area contributed by atoms with E-state index in [-0.39, 0.29) is 0 Å². The zero-order valence-electron chi connectivity index (χ0n) is 7.52. The van der Waals surface area contributed by atoms with E-state index in [0.29, 0.717) is 0 Å². The Morgan fingerprint density at radius 1 is 1.07 bits per heavy atom. The summed E-state index contributed by atoms with van der Waals surface area (Å²) in [5.74, 6) is -0.719. The first-order valence-corrected chi connectivity index (χ1v) is 3.84. The average molecular weight is 195 g/mol. The lowest BCUT2D eigenvalue weighted by Crippen LogP contribution is -2.15. The molecule has 0 bridgehead atoms. The highest BCUT2D eigenvalue weighted by molar-refractivity contribution is 5.75. The zero-order chi connectivity index (χ0) is 10.6. The van der Waals surface area contributed by atoms with Gasteiger partial charge in [-0.05, 0) is 11.1 Å². The lowest BCUT2D eigenvalue weighted by atomic mass is 9.95. The second-order valence-electron chi connectivity index (χ2n) is 2.55. The SMILES string of the molecule is CC(=O)OOC(N)=O.c1cc2ccc1-2. The standard InChI is InChI=1S/C6H4.C3H5NO4/c1-2-6-4-3-5(1)6;1-2(5)7-8-3(4)6/h1-4H;1H3,(H2,4,6). The van der Waals surface area contributed by atoms with Crippen LogP contribution in [0.25, 0.3) is 11.1 Å². The Morgan fingerprint density at radius 3 is 1.57 bits per heavy atom. The normalized spacial score (nSPS) is 9.21. The molecule has 5 nitrogen and oxygen atoms in total. The number of fused-ring (bicyclic) bond motifs is 1. The van der Waals surface area contributed by atoms with Crippen molar-refractivity contribution in [3.63, 3.8) is 0 Å². The molecule has 74 valence electrons. The molecule has 0 aromatic heterocycles. The molecule has 0 unspecified atom stereocenters. The van der Waals surface area contributed by atoms with Gasteiger partial charge in [0.05, 0.1) is 0 Å². The van der Waals surface area contributed by atoms with Gasteiger partial charge in [-0.25, -0.2) is 19.4 Å². The molecule has 0 fully saturated rings. The van der Waals surface area contributed by atoms with Gasteiger partial charge in [-0.3, -0.25) is 0 Å². The number of primary amides is 1. The van der Waals surface area contributed by atoms with Gasteiger partial charge in [0.2, 0.25) is 0 Å². The molecule has 2 aliphatic rings. The quantitative estimate of drug-likeness (QED) is 0.506. The molecule has 0 spiro atoms. The second kappa shape index (κ2) is 4.27. The van der Waals surface area contributed by atoms with Crippen molar-refractivity contribution in [2.75, 3.05) is 0 Å². The molecule has 1 amide bonds. The van der Waals surface area contributed by atoms with E-state index in [9.17, 15) is 9.59 Å². The van der Waals surface area contributed by atoms with Gasteiger partial charge >= 0.3 is 12.1 Å². The Kier molecular flexibility index (Phi) is 3.06. The third kappa shape index (κ3) is 2.78. The van der Waals surface area contributed by atoms with Crippen molar-refractivity contribution in [3.05, 3.63) is 24.3 Å². The Morgan fingerprint density at radius 2 is 1.50 bits per heavy atom. The Balaban J connectivity index is 0.000000143. The number of hydrogen-bond acceptors (Lipinski definition) is 4. The maximum Gasteiger partial charge on any atom is 0.447 e. The zero-order valence-corrected chi connectivity index (χ0v) is 7.52. The first-order valence-electron chi connectivity index (χ1n) is 3.84. The van der Waals surface area contributed by atoms with E-state index in [4.69, 9.17) is 0 Å². The number of amides is 1. The Labute approximate surface area is 80.3 Å². The number of hydrogen-bond donors (Lipinski definition) is 1. The van der Waals surface area contributed by atoms with Gasteiger partial charge in [0.15, 0.2) is 0 Å². The van der Waals surface area contributed by atoms with Crippen molar-refractivity contribution < 1.29 is 19.4 Å². The van der Waals surface area contributed by atoms with Crippen molar-refractivity contribution in [2.45, 2.75) is 6.92 Å². The minimum Gasteiger partial charge on any atom is -0.332 e. The third-order valence-electron chi connectivity index (χ3n) is 1.46. The van der Waals surface area contributed by atoms with Crippen LogP contribution >= 0.6 is 0 Å². The minimum atomic E-state index is -1.14. The maximum absolute atomic E-state index is 9.79. The number of nitrogens with two attached hydrogens (primary N) is 1. The van der Waals surface area contributed by atoms with Gasteiger partial charge in [0.1, 0.15) is 0 Å². The van der Waals surface area contributed by atoms with E-state index in [0.717, 1.165) is 6.92 Å². The van der Waals surface area contributed by atoms with E-state index in [1.165, 1.54) is 11.1 Å². The first-order chi connectivity index (χ1) is 6.59. The molecule has 2 N–H and O–H groups in total. The fourth-order valence-electron chi connectivity index (χ4n) is 0.762. The van der Waals surface area contributed by atoms with Crippen LogP contribution in [-0.2, 0) is 14.6 Å². The van der Waals surface area contributed by atoms with Crippen molar-refractivity contribution in [3.8, 4) is 11.1 Å². The van der Waals surface area contributed by atoms with Gasteiger partial charge in [-0.15, -0.1) is 0 Å². The summed E-state index contributed by atoms with van der Waals surface area (Å²) in [7, 11) is 0.